The van der Waals surface area contributed by atoms with Gasteiger partial charge in [-0.3, -0.25) is 4.79 Å². The first kappa shape index (κ1) is 13.2. The van der Waals surface area contributed by atoms with Crippen molar-refractivity contribution in [2.24, 2.45) is 5.92 Å². The van der Waals surface area contributed by atoms with Crippen LogP contribution in [-0.2, 0) is 4.79 Å². The standard InChI is InChI=1S/C16H21N3O/c1-11(17-15(20)10-12-6-2-3-7-12)16-18-13-8-4-5-9-14(13)19-16/h4-5,8-9,11-12H,2-3,6-7,10H2,1H3,(H,17,20)(H,18,19). The summed E-state index contributed by atoms with van der Waals surface area (Å²) in [4.78, 5) is 19.8. The number of H-pyrrole nitrogens is 1. The van der Waals surface area contributed by atoms with Gasteiger partial charge in [0.25, 0.3) is 0 Å². The van der Waals surface area contributed by atoms with Crippen molar-refractivity contribution in [1.82, 2.24) is 15.3 Å². The molecular formula is C16H21N3O. The predicted octanol–water partition coefficient (Wildman–Crippen LogP) is 3.32. The van der Waals surface area contributed by atoms with Crippen LogP contribution in [0.1, 0.15) is 50.9 Å². The van der Waals surface area contributed by atoms with Crippen LogP contribution in [-0.4, -0.2) is 15.9 Å². The molecule has 2 N–H and O–H groups in total. The van der Waals surface area contributed by atoms with Gasteiger partial charge in [0, 0.05) is 6.42 Å². The summed E-state index contributed by atoms with van der Waals surface area (Å²) < 4.78 is 0. The lowest BCUT2D eigenvalue weighted by atomic mass is 10.0. The molecule has 1 fully saturated rings. The van der Waals surface area contributed by atoms with Crippen molar-refractivity contribution in [1.29, 1.82) is 0 Å². The first-order valence-corrected chi connectivity index (χ1v) is 7.46. The Morgan fingerprint density at radius 2 is 2.15 bits per heavy atom. The van der Waals surface area contributed by atoms with Crippen molar-refractivity contribution in [2.75, 3.05) is 0 Å². The lowest BCUT2D eigenvalue weighted by Crippen LogP contribution is -2.28. The zero-order chi connectivity index (χ0) is 13.9. The Labute approximate surface area is 119 Å². The van der Waals surface area contributed by atoms with Crippen LogP contribution in [0.3, 0.4) is 0 Å². The molecular weight excluding hydrogens is 250 g/mol. The lowest BCUT2D eigenvalue weighted by Gasteiger charge is -2.13. The number of nitrogens with zero attached hydrogens (tertiary/aromatic N) is 1. The fourth-order valence-electron chi connectivity index (χ4n) is 3.02. The van der Waals surface area contributed by atoms with E-state index in [0.717, 1.165) is 16.9 Å². The Morgan fingerprint density at radius 3 is 2.90 bits per heavy atom. The topological polar surface area (TPSA) is 57.8 Å². The van der Waals surface area contributed by atoms with Gasteiger partial charge in [0.1, 0.15) is 5.82 Å². The number of imidazole rings is 1. The maximum Gasteiger partial charge on any atom is 0.220 e. The second kappa shape index (κ2) is 5.65. The van der Waals surface area contributed by atoms with E-state index in [1.165, 1.54) is 25.7 Å². The molecule has 0 aliphatic heterocycles. The summed E-state index contributed by atoms with van der Waals surface area (Å²) in [5, 5.41) is 3.05. The maximum atomic E-state index is 12.0. The van der Waals surface area contributed by atoms with E-state index in [4.69, 9.17) is 0 Å². The Balaban J connectivity index is 1.62. The third-order valence-electron chi connectivity index (χ3n) is 4.14. The van der Waals surface area contributed by atoms with E-state index in [1.54, 1.807) is 0 Å². The fraction of sp³-hybridized carbons (Fsp3) is 0.500. The molecule has 106 valence electrons. The number of carbonyl (C=O) groups is 1. The van der Waals surface area contributed by atoms with E-state index in [1.807, 2.05) is 31.2 Å². The molecule has 1 aliphatic carbocycles. The van der Waals surface area contributed by atoms with Crippen LogP contribution in [0.25, 0.3) is 11.0 Å². The Kier molecular flexibility index (Phi) is 3.72. The van der Waals surface area contributed by atoms with Crippen molar-refractivity contribution in [3.63, 3.8) is 0 Å². The van der Waals surface area contributed by atoms with Gasteiger partial charge in [0.2, 0.25) is 5.91 Å². The van der Waals surface area contributed by atoms with Gasteiger partial charge in [-0.25, -0.2) is 4.98 Å². The van der Waals surface area contributed by atoms with Crippen LogP contribution in [0.2, 0.25) is 0 Å². The molecule has 1 aromatic heterocycles. The van der Waals surface area contributed by atoms with Crippen molar-refractivity contribution >= 4 is 16.9 Å². The second-order valence-electron chi connectivity index (χ2n) is 5.78. The SMILES string of the molecule is CC(NC(=O)CC1CCCC1)c1nc2ccccc2[nH]1. The van der Waals surface area contributed by atoms with Gasteiger partial charge in [-0.1, -0.05) is 25.0 Å². The summed E-state index contributed by atoms with van der Waals surface area (Å²) in [5.74, 6) is 1.55. The molecule has 1 atom stereocenters. The van der Waals surface area contributed by atoms with Crippen LogP contribution in [0.5, 0.6) is 0 Å². The smallest absolute Gasteiger partial charge is 0.220 e. The van der Waals surface area contributed by atoms with Crippen LogP contribution < -0.4 is 5.32 Å². The van der Waals surface area contributed by atoms with Gasteiger partial charge < -0.3 is 10.3 Å². The molecule has 3 rings (SSSR count). The predicted molar refractivity (Wildman–Crippen MR) is 79.2 cm³/mol. The first-order chi connectivity index (χ1) is 9.72. The van der Waals surface area contributed by atoms with Crippen LogP contribution in [0.4, 0.5) is 0 Å². The number of para-hydroxylation sites is 2. The molecule has 1 aliphatic rings. The summed E-state index contributed by atoms with van der Waals surface area (Å²) in [6.07, 6.45) is 5.61. The number of amides is 1. The molecule has 1 unspecified atom stereocenters. The normalized spacial score (nSPS) is 17.4. The highest BCUT2D eigenvalue weighted by molar-refractivity contribution is 5.77. The van der Waals surface area contributed by atoms with E-state index >= 15 is 0 Å². The lowest BCUT2D eigenvalue weighted by molar-refractivity contribution is -0.122. The fourth-order valence-corrected chi connectivity index (χ4v) is 3.02. The van der Waals surface area contributed by atoms with Crippen LogP contribution >= 0.6 is 0 Å². The molecule has 0 saturated heterocycles. The van der Waals surface area contributed by atoms with Gasteiger partial charge in [-0.15, -0.1) is 0 Å². The summed E-state index contributed by atoms with van der Waals surface area (Å²) in [6, 6.07) is 7.85. The molecule has 1 heterocycles. The van der Waals surface area contributed by atoms with E-state index in [0.29, 0.717) is 12.3 Å². The first-order valence-electron chi connectivity index (χ1n) is 7.46. The molecule has 2 aromatic rings. The molecule has 4 nitrogen and oxygen atoms in total. The average Bonchev–Trinajstić information content (AvgIpc) is 3.06. The van der Waals surface area contributed by atoms with Crippen molar-refractivity contribution in [3.8, 4) is 0 Å². The average molecular weight is 271 g/mol. The summed E-state index contributed by atoms with van der Waals surface area (Å²) >= 11 is 0. The minimum absolute atomic E-state index is 0.0729. The molecule has 20 heavy (non-hydrogen) atoms. The van der Waals surface area contributed by atoms with Gasteiger partial charge in [-0.2, -0.15) is 0 Å². The quantitative estimate of drug-likeness (QED) is 0.896. The number of hydrogen-bond acceptors (Lipinski definition) is 2. The Morgan fingerprint density at radius 1 is 1.40 bits per heavy atom. The van der Waals surface area contributed by atoms with E-state index in [9.17, 15) is 4.79 Å². The van der Waals surface area contributed by atoms with Crippen molar-refractivity contribution < 1.29 is 4.79 Å². The monoisotopic (exact) mass is 271 g/mol. The highest BCUT2D eigenvalue weighted by Gasteiger charge is 2.20. The summed E-state index contributed by atoms with van der Waals surface area (Å²) in [5.41, 5.74) is 1.96. The molecule has 0 bridgehead atoms. The highest BCUT2D eigenvalue weighted by Crippen LogP contribution is 2.27. The van der Waals surface area contributed by atoms with E-state index in [2.05, 4.69) is 15.3 Å². The van der Waals surface area contributed by atoms with Crippen LogP contribution in [0.15, 0.2) is 24.3 Å². The number of benzene rings is 1. The minimum atomic E-state index is -0.0729. The number of carbonyl (C=O) groups excluding carboxylic acids is 1. The number of nitrogens with one attached hydrogen (secondary N) is 2. The van der Waals surface area contributed by atoms with E-state index in [-0.39, 0.29) is 11.9 Å². The number of fused-ring (bicyclic) bond motifs is 1. The molecule has 1 amide bonds. The molecule has 1 saturated carbocycles. The van der Waals surface area contributed by atoms with Crippen molar-refractivity contribution in [3.05, 3.63) is 30.1 Å². The molecule has 0 radical (unpaired) electrons. The maximum absolute atomic E-state index is 12.0. The Hall–Kier alpha value is -1.84. The van der Waals surface area contributed by atoms with Gasteiger partial charge in [0.15, 0.2) is 0 Å². The number of hydrogen-bond donors (Lipinski definition) is 2. The summed E-state index contributed by atoms with van der Waals surface area (Å²) in [7, 11) is 0. The number of aromatic amines is 1. The second-order valence-corrected chi connectivity index (χ2v) is 5.78. The van der Waals surface area contributed by atoms with Crippen molar-refractivity contribution in [2.45, 2.75) is 45.1 Å². The number of rotatable bonds is 4. The molecule has 0 spiro atoms. The third-order valence-corrected chi connectivity index (χ3v) is 4.14. The third kappa shape index (κ3) is 2.84. The zero-order valence-electron chi connectivity index (χ0n) is 11.9. The Bertz CT molecular complexity index is 566. The zero-order valence-corrected chi connectivity index (χ0v) is 11.9. The van der Waals surface area contributed by atoms with E-state index < -0.39 is 0 Å². The molecule has 4 heteroatoms. The summed E-state index contributed by atoms with van der Waals surface area (Å²) in [6.45, 7) is 1.98. The van der Waals surface area contributed by atoms with Crippen LogP contribution in [0, 0.1) is 5.92 Å². The number of aromatic nitrogens is 2. The highest BCUT2D eigenvalue weighted by atomic mass is 16.1. The molecule has 1 aromatic carbocycles. The van der Waals surface area contributed by atoms with Gasteiger partial charge in [0.05, 0.1) is 17.1 Å². The largest absolute Gasteiger partial charge is 0.346 e. The minimum Gasteiger partial charge on any atom is -0.346 e. The van der Waals surface area contributed by atoms with Gasteiger partial charge in [-0.05, 0) is 37.8 Å². The van der Waals surface area contributed by atoms with Gasteiger partial charge >= 0.3 is 0 Å².